The van der Waals surface area contributed by atoms with Crippen molar-refractivity contribution < 1.29 is 4.79 Å². The van der Waals surface area contributed by atoms with Crippen LogP contribution in [-0.2, 0) is 10.2 Å². The molecule has 2 aromatic rings. The smallest absolute Gasteiger partial charge is 0.230 e. The highest BCUT2D eigenvalue weighted by molar-refractivity contribution is 7.99. The standard InChI is InChI=1S/C25H38N4OS/c1-6-10-18(2)26-22(30)17-31-24-28-27-23(29(24)21-11-8-7-9-12-21)19-13-15-20(16-14-19)25(3,4)5/h13-16,18,21H,6-12,17H2,1-5H3,(H,26,30). The first-order valence-corrected chi connectivity index (χ1v) is 12.8. The van der Waals surface area contributed by atoms with E-state index in [1.807, 2.05) is 0 Å². The first-order valence-electron chi connectivity index (χ1n) is 11.8. The van der Waals surface area contributed by atoms with Crippen LogP contribution in [0.25, 0.3) is 11.4 Å². The van der Waals surface area contributed by atoms with Crippen molar-refractivity contribution in [2.45, 2.75) is 102 Å². The van der Waals surface area contributed by atoms with Gasteiger partial charge in [-0.25, -0.2) is 0 Å². The average molecular weight is 443 g/mol. The molecule has 1 heterocycles. The quantitative estimate of drug-likeness (QED) is 0.499. The Morgan fingerprint density at radius 2 is 1.84 bits per heavy atom. The molecule has 1 saturated carbocycles. The maximum absolute atomic E-state index is 12.4. The SMILES string of the molecule is CCCC(C)NC(=O)CSc1nnc(-c2ccc(C(C)(C)C)cc2)n1C1CCCCC1. The monoisotopic (exact) mass is 442 g/mol. The molecule has 0 spiro atoms. The summed E-state index contributed by atoms with van der Waals surface area (Å²) in [6.07, 6.45) is 8.16. The van der Waals surface area contributed by atoms with Crippen molar-refractivity contribution in [3.05, 3.63) is 29.8 Å². The van der Waals surface area contributed by atoms with Gasteiger partial charge in [-0.3, -0.25) is 9.36 Å². The molecule has 5 nitrogen and oxygen atoms in total. The van der Waals surface area contributed by atoms with Gasteiger partial charge >= 0.3 is 0 Å². The van der Waals surface area contributed by atoms with E-state index >= 15 is 0 Å². The normalized spacial score (nSPS) is 16.3. The highest BCUT2D eigenvalue weighted by Gasteiger charge is 2.25. The minimum atomic E-state index is 0.0697. The molecule has 31 heavy (non-hydrogen) atoms. The molecule has 0 saturated heterocycles. The molecule has 1 aromatic carbocycles. The largest absolute Gasteiger partial charge is 0.353 e. The second-order valence-corrected chi connectivity index (χ2v) is 10.8. The summed E-state index contributed by atoms with van der Waals surface area (Å²) in [6, 6.07) is 9.35. The fourth-order valence-electron chi connectivity index (χ4n) is 4.31. The molecule has 170 valence electrons. The molecule has 1 aliphatic rings. The molecule has 0 radical (unpaired) electrons. The van der Waals surface area contributed by atoms with Crippen molar-refractivity contribution in [1.82, 2.24) is 20.1 Å². The topological polar surface area (TPSA) is 59.8 Å². The summed E-state index contributed by atoms with van der Waals surface area (Å²) in [4.78, 5) is 12.4. The summed E-state index contributed by atoms with van der Waals surface area (Å²) in [5.41, 5.74) is 2.53. The second kappa shape index (κ2) is 10.7. The van der Waals surface area contributed by atoms with Crippen molar-refractivity contribution in [1.29, 1.82) is 0 Å². The number of carbonyl (C=O) groups is 1. The van der Waals surface area contributed by atoms with Gasteiger partial charge in [-0.05, 0) is 37.2 Å². The van der Waals surface area contributed by atoms with Crippen LogP contribution < -0.4 is 5.32 Å². The van der Waals surface area contributed by atoms with E-state index in [4.69, 9.17) is 0 Å². The number of carbonyl (C=O) groups excluding carboxylic acids is 1. The molecule has 1 N–H and O–H groups in total. The van der Waals surface area contributed by atoms with Crippen molar-refractivity contribution in [3.8, 4) is 11.4 Å². The highest BCUT2D eigenvalue weighted by atomic mass is 32.2. The fourth-order valence-corrected chi connectivity index (χ4v) is 5.13. The Hall–Kier alpha value is -1.82. The molecule has 1 atom stereocenters. The van der Waals surface area contributed by atoms with Gasteiger partial charge in [-0.2, -0.15) is 0 Å². The van der Waals surface area contributed by atoms with Crippen LogP contribution in [0.4, 0.5) is 0 Å². The summed E-state index contributed by atoms with van der Waals surface area (Å²) < 4.78 is 2.30. The van der Waals surface area contributed by atoms with Crippen LogP contribution in [0.3, 0.4) is 0 Å². The number of thioether (sulfide) groups is 1. The molecule has 1 amide bonds. The third-order valence-corrected chi connectivity index (χ3v) is 7.02. The number of hydrogen-bond acceptors (Lipinski definition) is 4. The van der Waals surface area contributed by atoms with E-state index in [1.165, 1.54) is 36.6 Å². The average Bonchev–Trinajstić information content (AvgIpc) is 3.16. The third-order valence-electron chi connectivity index (χ3n) is 6.07. The van der Waals surface area contributed by atoms with Crippen LogP contribution >= 0.6 is 11.8 Å². The second-order valence-electron chi connectivity index (χ2n) is 9.84. The number of nitrogens with zero attached hydrogens (tertiary/aromatic N) is 3. The zero-order valence-corrected chi connectivity index (χ0v) is 20.6. The van der Waals surface area contributed by atoms with Crippen molar-refractivity contribution in [2.75, 3.05) is 5.75 Å². The zero-order valence-electron chi connectivity index (χ0n) is 19.8. The molecule has 1 aromatic heterocycles. The zero-order chi connectivity index (χ0) is 22.4. The van der Waals surface area contributed by atoms with E-state index in [9.17, 15) is 4.79 Å². The lowest BCUT2D eigenvalue weighted by atomic mass is 9.86. The summed E-state index contributed by atoms with van der Waals surface area (Å²) in [7, 11) is 0. The van der Waals surface area contributed by atoms with Gasteiger partial charge in [-0.15, -0.1) is 10.2 Å². The van der Waals surface area contributed by atoms with Crippen molar-refractivity contribution in [2.24, 2.45) is 0 Å². The van der Waals surface area contributed by atoms with Gasteiger partial charge in [-0.1, -0.05) is 89.4 Å². The number of rotatable bonds is 8. The van der Waals surface area contributed by atoms with E-state index < -0.39 is 0 Å². The van der Waals surface area contributed by atoms with E-state index in [2.05, 4.69) is 79.0 Å². The van der Waals surface area contributed by atoms with Crippen LogP contribution in [0, 0.1) is 0 Å². The van der Waals surface area contributed by atoms with Gasteiger partial charge in [0.2, 0.25) is 5.91 Å². The minimum absolute atomic E-state index is 0.0697. The van der Waals surface area contributed by atoms with Crippen LogP contribution in [0.1, 0.15) is 91.2 Å². The van der Waals surface area contributed by atoms with Crippen LogP contribution in [-0.4, -0.2) is 32.5 Å². The number of aromatic nitrogens is 3. The molecular formula is C25H38N4OS. The number of nitrogens with one attached hydrogen (secondary N) is 1. The van der Waals surface area contributed by atoms with Gasteiger partial charge in [0.25, 0.3) is 0 Å². The molecule has 6 heteroatoms. The van der Waals surface area contributed by atoms with E-state index in [1.54, 1.807) is 0 Å². The number of hydrogen-bond donors (Lipinski definition) is 1. The van der Waals surface area contributed by atoms with Gasteiger partial charge in [0.1, 0.15) is 0 Å². The number of amides is 1. The van der Waals surface area contributed by atoms with Gasteiger partial charge in [0, 0.05) is 17.6 Å². The van der Waals surface area contributed by atoms with Crippen LogP contribution in [0.15, 0.2) is 29.4 Å². The van der Waals surface area contributed by atoms with Gasteiger partial charge in [0.15, 0.2) is 11.0 Å². The summed E-state index contributed by atoms with van der Waals surface area (Å²) in [6.45, 7) is 10.9. The Balaban J connectivity index is 1.82. The Morgan fingerprint density at radius 1 is 1.16 bits per heavy atom. The molecular weight excluding hydrogens is 404 g/mol. The Labute approximate surface area is 191 Å². The van der Waals surface area contributed by atoms with E-state index in [0.717, 1.165) is 42.2 Å². The predicted molar refractivity (Wildman–Crippen MR) is 130 cm³/mol. The fraction of sp³-hybridized carbons (Fsp3) is 0.640. The van der Waals surface area contributed by atoms with Crippen LogP contribution in [0.5, 0.6) is 0 Å². The van der Waals surface area contributed by atoms with Gasteiger partial charge in [0.05, 0.1) is 5.75 Å². The Bertz CT molecular complexity index is 847. The predicted octanol–water partition coefficient (Wildman–Crippen LogP) is 6.14. The van der Waals surface area contributed by atoms with Gasteiger partial charge < -0.3 is 5.32 Å². The molecule has 3 rings (SSSR count). The minimum Gasteiger partial charge on any atom is -0.353 e. The summed E-state index contributed by atoms with van der Waals surface area (Å²) >= 11 is 1.51. The van der Waals surface area contributed by atoms with E-state index in [0.29, 0.717) is 11.8 Å². The first kappa shape index (κ1) is 23.8. The molecule has 0 aliphatic heterocycles. The molecule has 0 bridgehead atoms. The number of benzene rings is 1. The lowest BCUT2D eigenvalue weighted by molar-refractivity contribution is -0.119. The molecule has 1 fully saturated rings. The van der Waals surface area contributed by atoms with Crippen LogP contribution in [0.2, 0.25) is 0 Å². The Morgan fingerprint density at radius 3 is 2.45 bits per heavy atom. The maximum Gasteiger partial charge on any atom is 0.230 e. The Kier molecular flexibility index (Phi) is 8.20. The lowest BCUT2D eigenvalue weighted by Gasteiger charge is -2.26. The third kappa shape index (κ3) is 6.34. The van der Waals surface area contributed by atoms with E-state index in [-0.39, 0.29) is 17.4 Å². The lowest BCUT2D eigenvalue weighted by Crippen LogP contribution is -2.33. The summed E-state index contributed by atoms with van der Waals surface area (Å²) in [5.74, 6) is 1.37. The van der Waals surface area contributed by atoms with Crippen molar-refractivity contribution in [3.63, 3.8) is 0 Å². The first-order chi connectivity index (χ1) is 14.8. The molecule has 1 aliphatic carbocycles. The maximum atomic E-state index is 12.4. The van der Waals surface area contributed by atoms with Crippen molar-refractivity contribution >= 4 is 17.7 Å². The molecule has 1 unspecified atom stereocenters. The highest BCUT2D eigenvalue weighted by Crippen LogP contribution is 2.36. The summed E-state index contributed by atoms with van der Waals surface area (Å²) in [5, 5.41) is 13.1.